The van der Waals surface area contributed by atoms with Crippen LogP contribution in [0.25, 0.3) is 27.9 Å². The number of anilines is 1. The van der Waals surface area contributed by atoms with Crippen molar-refractivity contribution in [3.8, 4) is 40.0 Å². The second-order valence-electron chi connectivity index (χ2n) is 9.49. The van der Waals surface area contributed by atoms with E-state index in [9.17, 15) is 0 Å². The molecule has 0 unspecified atom stereocenters. The molecule has 1 saturated heterocycles. The Bertz CT molecular complexity index is 1420. The van der Waals surface area contributed by atoms with Gasteiger partial charge in [-0.05, 0) is 62.8 Å². The zero-order valence-electron chi connectivity index (χ0n) is 21.6. The molecule has 1 aromatic carbocycles. The van der Waals surface area contributed by atoms with Gasteiger partial charge in [-0.15, -0.1) is 0 Å². The molecule has 190 valence electrons. The van der Waals surface area contributed by atoms with Crippen molar-refractivity contribution in [3.63, 3.8) is 0 Å². The lowest BCUT2D eigenvalue weighted by molar-refractivity contribution is 0.277. The summed E-state index contributed by atoms with van der Waals surface area (Å²) in [4.78, 5) is 13.5. The average Bonchev–Trinajstić information content (AvgIpc) is 3.43. The molecular weight excluding hydrogens is 464 g/mol. The van der Waals surface area contributed by atoms with Gasteiger partial charge in [0.25, 0.3) is 0 Å². The van der Waals surface area contributed by atoms with Gasteiger partial charge < -0.3 is 19.3 Å². The monoisotopic (exact) mass is 496 g/mol. The number of rotatable bonds is 3. The van der Waals surface area contributed by atoms with Crippen LogP contribution in [0.4, 0.5) is 5.82 Å². The summed E-state index contributed by atoms with van der Waals surface area (Å²) in [5.41, 5.74) is 5.24. The highest BCUT2D eigenvalue weighted by Gasteiger charge is 2.21. The Kier molecular flexibility index (Phi) is 7.24. The van der Waals surface area contributed by atoms with E-state index in [1.54, 1.807) is 19.6 Å². The largest absolute Gasteiger partial charge is 0.494 e. The van der Waals surface area contributed by atoms with Gasteiger partial charge in [0.1, 0.15) is 17.9 Å². The Labute approximate surface area is 217 Å². The molecule has 2 aliphatic rings. The lowest BCUT2D eigenvalue weighted by Gasteiger charge is -2.27. The number of hydrogen-bond donors (Lipinski definition) is 0. The number of nitriles is 1. The summed E-state index contributed by atoms with van der Waals surface area (Å²) in [6, 6.07) is 13.7. The number of fused-ring (bicyclic) bond motifs is 2. The first kappa shape index (κ1) is 24.6. The maximum Gasteiger partial charge on any atom is 0.171 e. The SMILES string of the molecule is CN1CCCCC1.COc1cc(-c2ccc(C#N)cc2)c(-c2cnc3c(c2)OCCN3C)n2cncc12. The molecule has 4 aromatic rings. The molecule has 2 aliphatic heterocycles. The molecule has 0 aliphatic carbocycles. The predicted molar refractivity (Wildman–Crippen MR) is 145 cm³/mol. The maximum absolute atomic E-state index is 9.15. The Morgan fingerprint density at radius 1 is 0.973 bits per heavy atom. The second kappa shape index (κ2) is 10.9. The van der Waals surface area contributed by atoms with Crippen molar-refractivity contribution in [2.75, 3.05) is 52.3 Å². The quantitative estimate of drug-likeness (QED) is 0.400. The third-order valence-corrected chi connectivity index (χ3v) is 6.94. The van der Waals surface area contributed by atoms with E-state index >= 15 is 0 Å². The van der Waals surface area contributed by atoms with E-state index in [0.717, 1.165) is 51.8 Å². The number of nitrogens with zero attached hydrogens (tertiary/aromatic N) is 6. The first-order valence-corrected chi connectivity index (χ1v) is 12.7. The molecule has 6 rings (SSSR count). The van der Waals surface area contributed by atoms with Crippen LogP contribution in [0.5, 0.6) is 11.5 Å². The molecule has 0 N–H and O–H groups in total. The van der Waals surface area contributed by atoms with Crippen molar-refractivity contribution in [2.45, 2.75) is 19.3 Å². The average molecular weight is 497 g/mol. The number of likely N-dealkylation sites (tertiary alicyclic amines) is 1. The molecular formula is C29H32N6O2. The topological polar surface area (TPSA) is 78.9 Å². The van der Waals surface area contributed by atoms with Gasteiger partial charge in [0.2, 0.25) is 0 Å². The van der Waals surface area contributed by atoms with Crippen LogP contribution in [0.2, 0.25) is 0 Å². The van der Waals surface area contributed by atoms with Crippen LogP contribution in [0.3, 0.4) is 0 Å². The number of ether oxygens (including phenoxy) is 2. The van der Waals surface area contributed by atoms with Gasteiger partial charge in [-0.3, -0.25) is 4.40 Å². The molecule has 8 nitrogen and oxygen atoms in total. The summed E-state index contributed by atoms with van der Waals surface area (Å²) < 4.78 is 13.5. The maximum atomic E-state index is 9.15. The van der Waals surface area contributed by atoms with Crippen molar-refractivity contribution in [3.05, 3.63) is 60.7 Å². The number of imidazole rings is 1. The molecule has 5 heterocycles. The molecule has 0 radical (unpaired) electrons. The highest BCUT2D eigenvalue weighted by Crippen LogP contribution is 2.40. The first-order valence-electron chi connectivity index (χ1n) is 12.7. The van der Waals surface area contributed by atoms with Gasteiger partial charge >= 0.3 is 0 Å². The van der Waals surface area contributed by atoms with Crippen LogP contribution < -0.4 is 14.4 Å². The molecule has 37 heavy (non-hydrogen) atoms. The Hall–Kier alpha value is -4.09. The van der Waals surface area contributed by atoms with Crippen LogP contribution in [0.15, 0.2) is 55.1 Å². The summed E-state index contributed by atoms with van der Waals surface area (Å²) in [6.45, 7) is 4.07. The number of benzene rings is 1. The fraction of sp³-hybridized carbons (Fsp3) is 0.345. The third kappa shape index (κ3) is 5.09. The van der Waals surface area contributed by atoms with Crippen molar-refractivity contribution < 1.29 is 9.47 Å². The summed E-state index contributed by atoms with van der Waals surface area (Å²) in [7, 11) is 5.85. The van der Waals surface area contributed by atoms with Gasteiger partial charge in [-0.25, -0.2) is 9.97 Å². The summed E-state index contributed by atoms with van der Waals surface area (Å²) in [5.74, 6) is 2.31. The van der Waals surface area contributed by atoms with Crippen molar-refractivity contribution in [1.82, 2.24) is 19.3 Å². The number of hydrogen-bond acceptors (Lipinski definition) is 7. The van der Waals surface area contributed by atoms with Gasteiger partial charge in [0.15, 0.2) is 11.6 Å². The second-order valence-corrected chi connectivity index (χ2v) is 9.49. The van der Waals surface area contributed by atoms with E-state index in [0.29, 0.717) is 12.2 Å². The summed E-state index contributed by atoms with van der Waals surface area (Å²) >= 11 is 0. The number of likely N-dealkylation sites (N-methyl/N-ethyl adjacent to an activating group) is 1. The fourth-order valence-electron chi connectivity index (χ4n) is 4.87. The van der Waals surface area contributed by atoms with Crippen LogP contribution in [-0.2, 0) is 0 Å². The molecule has 0 saturated carbocycles. The molecule has 0 bridgehead atoms. The zero-order chi connectivity index (χ0) is 25.8. The Morgan fingerprint density at radius 2 is 1.76 bits per heavy atom. The van der Waals surface area contributed by atoms with E-state index < -0.39 is 0 Å². The number of methoxy groups -OCH3 is 1. The minimum Gasteiger partial charge on any atom is -0.494 e. The summed E-state index contributed by atoms with van der Waals surface area (Å²) in [6.07, 6.45) is 9.68. The van der Waals surface area contributed by atoms with Crippen LogP contribution in [0.1, 0.15) is 24.8 Å². The standard InChI is InChI=1S/C23H19N5O2.C6H13N/c1-27-7-8-30-21-9-17(12-26-23(21)27)22-18(16-5-3-15(11-24)4-6-16)10-20(29-2)19-13-25-14-28(19)22;1-7-5-3-2-4-6-7/h3-6,9-10,12-14H,7-8H2,1-2H3;2-6H2,1H3. The zero-order valence-corrected chi connectivity index (χ0v) is 21.6. The van der Waals surface area contributed by atoms with Gasteiger partial charge in [-0.1, -0.05) is 18.6 Å². The smallest absolute Gasteiger partial charge is 0.171 e. The first-order chi connectivity index (χ1) is 18.1. The Balaban J connectivity index is 0.000000348. The minimum absolute atomic E-state index is 0.614. The van der Waals surface area contributed by atoms with Crippen LogP contribution >= 0.6 is 0 Å². The number of pyridine rings is 2. The number of piperidine rings is 1. The third-order valence-electron chi connectivity index (χ3n) is 6.94. The van der Waals surface area contributed by atoms with Crippen molar-refractivity contribution >= 4 is 11.3 Å². The normalized spacial score (nSPS) is 15.2. The van der Waals surface area contributed by atoms with Crippen LogP contribution in [0, 0.1) is 11.3 Å². The fourth-order valence-corrected chi connectivity index (χ4v) is 4.87. The highest BCUT2D eigenvalue weighted by molar-refractivity contribution is 5.87. The summed E-state index contributed by atoms with van der Waals surface area (Å²) in [5, 5.41) is 9.15. The van der Waals surface area contributed by atoms with Gasteiger partial charge in [0.05, 0.1) is 43.5 Å². The predicted octanol–water partition coefficient (Wildman–Crippen LogP) is 4.87. The Morgan fingerprint density at radius 3 is 2.43 bits per heavy atom. The van der Waals surface area contributed by atoms with E-state index in [1.807, 2.05) is 54.0 Å². The van der Waals surface area contributed by atoms with Gasteiger partial charge in [-0.2, -0.15) is 5.26 Å². The van der Waals surface area contributed by atoms with E-state index in [4.69, 9.17) is 14.7 Å². The molecule has 8 heteroatoms. The molecule has 0 atom stereocenters. The van der Waals surface area contributed by atoms with Crippen molar-refractivity contribution in [1.29, 1.82) is 5.26 Å². The van der Waals surface area contributed by atoms with Crippen molar-refractivity contribution in [2.24, 2.45) is 0 Å². The molecule has 1 fully saturated rings. The van der Waals surface area contributed by atoms with Gasteiger partial charge in [0, 0.05) is 24.4 Å². The molecule has 0 spiro atoms. The lowest BCUT2D eigenvalue weighted by atomic mass is 9.98. The lowest BCUT2D eigenvalue weighted by Crippen LogP contribution is -2.29. The minimum atomic E-state index is 0.614. The highest BCUT2D eigenvalue weighted by atomic mass is 16.5. The van der Waals surface area contributed by atoms with E-state index in [2.05, 4.69) is 32.9 Å². The van der Waals surface area contributed by atoms with E-state index in [1.165, 1.54) is 32.4 Å². The molecule has 3 aromatic heterocycles. The molecule has 0 amide bonds. The van der Waals surface area contributed by atoms with Crippen LogP contribution in [-0.4, -0.2) is 66.7 Å². The number of aromatic nitrogens is 3. The van der Waals surface area contributed by atoms with E-state index in [-0.39, 0.29) is 0 Å².